The molecule has 0 spiro atoms. The lowest BCUT2D eigenvalue weighted by Crippen LogP contribution is -2.13. The Morgan fingerprint density at radius 2 is 1.90 bits per heavy atom. The maximum Gasteiger partial charge on any atom is 0.451 e. The van der Waals surface area contributed by atoms with Gasteiger partial charge in [0.05, 0.1) is 5.69 Å². The first kappa shape index (κ1) is 15.8. The molecule has 2 aromatic rings. The maximum absolute atomic E-state index is 12.6. The van der Waals surface area contributed by atoms with Crippen molar-refractivity contribution in [2.24, 2.45) is 0 Å². The fourth-order valence-corrected chi connectivity index (χ4v) is 2.26. The van der Waals surface area contributed by atoms with Gasteiger partial charge >= 0.3 is 6.18 Å². The number of halogens is 5. The van der Waals surface area contributed by atoms with Gasteiger partial charge < -0.3 is 11.1 Å². The normalized spacial score (nSPS) is 11.5. The van der Waals surface area contributed by atoms with Crippen LogP contribution in [0.1, 0.15) is 11.4 Å². The zero-order chi connectivity index (χ0) is 15.8. The van der Waals surface area contributed by atoms with Gasteiger partial charge in [-0.2, -0.15) is 13.2 Å². The van der Waals surface area contributed by atoms with Gasteiger partial charge in [-0.05, 0) is 40.5 Å². The van der Waals surface area contributed by atoms with Crippen LogP contribution in [0.25, 0.3) is 0 Å². The van der Waals surface area contributed by atoms with E-state index in [-0.39, 0.29) is 11.6 Å². The fraction of sp³-hybridized carbons (Fsp3) is 0.167. The Kier molecular flexibility index (Phi) is 4.29. The van der Waals surface area contributed by atoms with Crippen LogP contribution in [0.4, 0.5) is 30.5 Å². The van der Waals surface area contributed by atoms with E-state index in [9.17, 15) is 13.2 Å². The molecule has 0 unspecified atom stereocenters. The van der Waals surface area contributed by atoms with Crippen LogP contribution in [-0.4, -0.2) is 9.97 Å². The number of nitrogens with two attached hydrogens (primary N) is 1. The maximum atomic E-state index is 12.6. The van der Waals surface area contributed by atoms with E-state index >= 15 is 0 Å². The van der Waals surface area contributed by atoms with Crippen molar-refractivity contribution in [1.29, 1.82) is 0 Å². The smallest absolute Gasteiger partial charge is 0.384 e. The van der Waals surface area contributed by atoms with E-state index in [4.69, 9.17) is 17.3 Å². The molecule has 112 valence electrons. The number of nitrogens with zero attached hydrogens (tertiary/aromatic N) is 2. The molecule has 0 atom stereocenters. The second-order valence-corrected chi connectivity index (χ2v) is 5.47. The third-order valence-electron chi connectivity index (χ3n) is 2.51. The molecule has 1 aromatic carbocycles. The van der Waals surface area contributed by atoms with Gasteiger partial charge in [0.25, 0.3) is 0 Å². The molecule has 0 aliphatic carbocycles. The second-order valence-electron chi connectivity index (χ2n) is 4.21. The van der Waals surface area contributed by atoms with Gasteiger partial charge in [-0.25, -0.2) is 9.97 Å². The fourth-order valence-electron chi connectivity index (χ4n) is 1.54. The summed E-state index contributed by atoms with van der Waals surface area (Å²) in [5.74, 6) is -1.66. The third-order valence-corrected chi connectivity index (χ3v) is 3.57. The van der Waals surface area contributed by atoms with E-state index in [1.54, 1.807) is 19.1 Å². The highest BCUT2D eigenvalue weighted by atomic mass is 79.9. The number of nitrogen functional groups attached to an aromatic ring is 1. The Bertz CT molecular complexity index is 691. The van der Waals surface area contributed by atoms with Crippen LogP contribution >= 0.6 is 27.5 Å². The number of alkyl halides is 3. The van der Waals surface area contributed by atoms with Gasteiger partial charge in [0.1, 0.15) is 11.6 Å². The van der Waals surface area contributed by atoms with Crippen molar-refractivity contribution < 1.29 is 13.2 Å². The van der Waals surface area contributed by atoms with E-state index in [2.05, 4.69) is 31.2 Å². The van der Waals surface area contributed by atoms with Crippen LogP contribution in [-0.2, 0) is 6.18 Å². The number of aryl methyl sites for hydroxylation is 1. The SMILES string of the molecule is Cc1cc(Br)c(Nc2cc(N)nc(C(F)(F)F)n2)cc1Cl. The van der Waals surface area contributed by atoms with Crippen molar-refractivity contribution in [3.63, 3.8) is 0 Å². The highest BCUT2D eigenvalue weighted by Crippen LogP contribution is 2.32. The zero-order valence-electron chi connectivity index (χ0n) is 10.6. The number of rotatable bonds is 2. The monoisotopic (exact) mass is 380 g/mol. The quantitative estimate of drug-likeness (QED) is 0.801. The Morgan fingerprint density at radius 3 is 2.52 bits per heavy atom. The molecule has 0 aliphatic rings. The number of hydrogen-bond acceptors (Lipinski definition) is 4. The van der Waals surface area contributed by atoms with Crippen LogP contribution in [0.15, 0.2) is 22.7 Å². The summed E-state index contributed by atoms with van der Waals surface area (Å²) in [6.07, 6.45) is -4.67. The van der Waals surface area contributed by atoms with Crippen molar-refractivity contribution in [1.82, 2.24) is 9.97 Å². The highest BCUT2D eigenvalue weighted by molar-refractivity contribution is 9.10. The third kappa shape index (κ3) is 3.76. The van der Waals surface area contributed by atoms with Crippen molar-refractivity contribution in [2.75, 3.05) is 11.1 Å². The summed E-state index contributed by atoms with van der Waals surface area (Å²) in [5.41, 5.74) is 6.67. The molecule has 0 amide bonds. The summed E-state index contributed by atoms with van der Waals surface area (Å²) in [5, 5.41) is 3.20. The van der Waals surface area contributed by atoms with Crippen LogP contribution in [0.5, 0.6) is 0 Å². The van der Waals surface area contributed by atoms with Crippen LogP contribution < -0.4 is 11.1 Å². The lowest BCUT2D eigenvalue weighted by molar-refractivity contribution is -0.144. The minimum Gasteiger partial charge on any atom is -0.384 e. The Labute approximate surface area is 131 Å². The van der Waals surface area contributed by atoms with Gasteiger partial charge in [-0.1, -0.05) is 11.6 Å². The first-order chi connectivity index (χ1) is 9.66. The Hall–Kier alpha value is -1.54. The molecule has 0 bridgehead atoms. The first-order valence-corrected chi connectivity index (χ1v) is 6.78. The predicted octanol–water partition coefficient (Wildman–Crippen LogP) is 4.55. The number of anilines is 3. The Balaban J connectivity index is 2.40. The Morgan fingerprint density at radius 1 is 1.24 bits per heavy atom. The zero-order valence-corrected chi connectivity index (χ0v) is 12.9. The summed E-state index contributed by atoms with van der Waals surface area (Å²) in [4.78, 5) is 6.57. The molecule has 1 heterocycles. The van der Waals surface area contributed by atoms with Crippen LogP contribution in [0.2, 0.25) is 5.02 Å². The first-order valence-electron chi connectivity index (χ1n) is 5.61. The topological polar surface area (TPSA) is 63.8 Å². The molecule has 1 aromatic heterocycles. The van der Waals surface area contributed by atoms with Crippen LogP contribution in [0, 0.1) is 6.92 Å². The summed E-state index contributed by atoms with van der Waals surface area (Å²) in [6, 6.07) is 4.52. The molecule has 9 heteroatoms. The minimum absolute atomic E-state index is 0.0737. The largest absolute Gasteiger partial charge is 0.451 e. The summed E-state index contributed by atoms with van der Waals surface area (Å²) >= 11 is 9.29. The van der Waals surface area contributed by atoms with Gasteiger partial charge in [0.2, 0.25) is 5.82 Å². The molecule has 0 saturated carbocycles. The lowest BCUT2D eigenvalue weighted by atomic mass is 10.2. The molecule has 21 heavy (non-hydrogen) atoms. The van der Waals surface area contributed by atoms with E-state index in [0.717, 1.165) is 5.56 Å². The number of aromatic nitrogens is 2. The minimum atomic E-state index is -4.67. The predicted molar refractivity (Wildman–Crippen MR) is 78.6 cm³/mol. The van der Waals surface area contributed by atoms with Gasteiger partial charge in [0, 0.05) is 15.6 Å². The lowest BCUT2D eigenvalue weighted by Gasteiger charge is -2.12. The van der Waals surface area contributed by atoms with Crippen molar-refractivity contribution in [3.05, 3.63) is 39.1 Å². The van der Waals surface area contributed by atoms with E-state index in [1.165, 1.54) is 6.07 Å². The average Bonchev–Trinajstić information content (AvgIpc) is 2.34. The molecule has 3 N–H and O–H groups in total. The molecule has 0 radical (unpaired) electrons. The average molecular weight is 382 g/mol. The molecule has 4 nitrogen and oxygen atoms in total. The van der Waals surface area contributed by atoms with Gasteiger partial charge in [-0.15, -0.1) is 0 Å². The summed E-state index contributed by atoms with van der Waals surface area (Å²) < 4.78 is 38.6. The highest BCUT2D eigenvalue weighted by Gasteiger charge is 2.35. The van der Waals surface area contributed by atoms with E-state index < -0.39 is 12.0 Å². The molecule has 0 fully saturated rings. The van der Waals surface area contributed by atoms with E-state index in [1.807, 2.05) is 0 Å². The molecule has 2 rings (SSSR count). The van der Waals surface area contributed by atoms with E-state index in [0.29, 0.717) is 15.2 Å². The standard InChI is InChI=1S/C12H9BrClF3N4/c1-5-2-6(13)8(3-7(5)14)19-10-4-9(18)20-11(21-10)12(15,16)17/h2-4H,1H3,(H3,18,19,20,21). The van der Waals surface area contributed by atoms with Gasteiger partial charge in [-0.3, -0.25) is 0 Å². The van der Waals surface area contributed by atoms with Crippen LogP contribution in [0.3, 0.4) is 0 Å². The number of benzene rings is 1. The second kappa shape index (κ2) is 5.69. The molecule has 0 aliphatic heterocycles. The summed E-state index contributed by atoms with van der Waals surface area (Å²) in [6.45, 7) is 1.81. The number of nitrogens with one attached hydrogen (secondary N) is 1. The van der Waals surface area contributed by atoms with Crippen molar-refractivity contribution in [2.45, 2.75) is 13.1 Å². The van der Waals surface area contributed by atoms with Crippen molar-refractivity contribution in [3.8, 4) is 0 Å². The van der Waals surface area contributed by atoms with Crippen molar-refractivity contribution >= 4 is 44.9 Å². The molecular formula is C12H9BrClF3N4. The summed E-state index contributed by atoms with van der Waals surface area (Å²) in [7, 11) is 0. The molecular weight excluding hydrogens is 373 g/mol. The molecule has 0 saturated heterocycles. The number of hydrogen-bond donors (Lipinski definition) is 2. The van der Waals surface area contributed by atoms with Gasteiger partial charge in [0.15, 0.2) is 0 Å².